The lowest BCUT2D eigenvalue weighted by atomic mass is 9.96. The molecule has 0 aliphatic carbocycles. The van der Waals surface area contributed by atoms with E-state index < -0.39 is 29.2 Å². The van der Waals surface area contributed by atoms with Crippen LogP contribution in [0.5, 0.6) is 0 Å². The summed E-state index contributed by atoms with van der Waals surface area (Å²) in [7, 11) is 1.56. The quantitative estimate of drug-likeness (QED) is 0.676. The molecule has 1 fully saturated rings. The van der Waals surface area contributed by atoms with Gasteiger partial charge in [-0.2, -0.15) is 13.2 Å². The number of aromatic nitrogens is 1. The highest BCUT2D eigenvalue weighted by atomic mass is 19.4. The van der Waals surface area contributed by atoms with Crippen LogP contribution in [-0.2, 0) is 22.8 Å². The van der Waals surface area contributed by atoms with Gasteiger partial charge in [0.1, 0.15) is 5.56 Å². The number of alkyl halides is 3. The fourth-order valence-electron chi connectivity index (χ4n) is 3.61. The molecule has 8 nitrogen and oxygen atoms in total. The first-order chi connectivity index (χ1) is 15.6. The number of anilines is 1. The Kier molecular flexibility index (Phi) is 7.19. The number of hydrogen-bond donors (Lipinski definition) is 2. The molecule has 2 N–H and O–H groups in total. The normalized spacial score (nSPS) is 14.6. The summed E-state index contributed by atoms with van der Waals surface area (Å²) in [5.74, 6) is -2.62. The van der Waals surface area contributed by atoms with Crippen molar-refractivity contribution >= 4 is 23.4 Å². The number of nitrogens with zero attached hydrogens (tertiary/aromatic N) is 2. The molecule has 2 heterocycles. The summed E-state index contributed by atoms with van der Waals surface area (Å²) in [6.07, 6.45) is -2.03. The number of nitrogens with one attached hydrogen (secondary N) is 2. The van der Waals surface area contributed by atoms with Gasteiger partial charge in [-0.3, -0.25) is 19.2 Å². The van der Waals surface area contributed by atoms with Crippen LogP contribution in [0.3, 0.4) is 0 Å². The maximum absolute atomic E-state index is 13.0. The number of para-hydroxylation sites is 1. The largest absolute Gasteiger partial charge is 0.418 e. The molecule has 1 aliphatic heterocycles. The predicted molar refractivity (Wildman–Crippen MR) is 113 cm³/mol. The number of piperidine rings is 1. The molecule has 176 valence electrons. The van der Waals surface area contributed by atoms with Gasteiger partial charge >= 0.3 is 18.0 Å². The number of amides is 3. The van der Waals surface area contributed by atoms with Gasteiger partial charge in [-0.15, -0.1) is 0 Å². The van der Waals surface area contributed by atoms with E-state index in [9.17, 15) is 32.3 Å². The van der Waals surface area contributed by atoms with Crippen LogP contribution in [-0.4, -0.2) is 46.8 Å². The summed E-state index contributed by atoms with van der Waals surface area (Å²) in [4.78, 5) is 50.4. The van der Waals surface area contributed by atoms with Crippen LogP contribution in [0.15, 0.2) is 47.4 Å². The number of carbonyl (C=O) groups excluding carboxylic acids is 3. The smallest absolute Gasteiger partial charge is 0.348 e. The Morgan fingerprint density at radius 3 is 2.36 bits per heavy atom. The molecule has 2 aromatic rings. The van der Waals surface area contributed by atoms with Crippen LogP contribution in [0.25, 0.3) is 0 Å². The first kappa shape index (κ1) is 24.0. The van der Waals surface area contributed by atoms with Crippen molar-refractivity contribution in [3.63, 3.8) is 0 Å². The van der Waals surface area contributed by atoms with Crippen LogP contribution in [0.2, 0.25) is 0 Å². The third-order valence-electron chi connectivity index (χ3n) is 5.49. The maximum Gasteiger partial charge on any atom is 0.418 e. The van der Waals surface area contributed by atoms with Gasteiger partial charge in [-0.05, 0) is 43.0 Å². The maximum atomic E-state index is 13.0. The zero-order valence-corrected chi connectivity index (χ0v) is 17.8. The molecule has 1 saturated heterocycles. The Bertz CT molecular complexity index is 1110. The summed E-state index contributed by atoms with van der Waals surface area (Å²) >= 11 is 0. The van der Waals surface area contributed by atoms with Crippen LogP contribution in [0, 0.1) is 5.92 Å². The van der Waals surface area contributed by atoms with Crippen LogP contribution in [0.1, 0.15) is 28.8 Å². The minimum atomic E-state index is -4.67. The van der Waals surface area contributed by atoms with Crippen molar-refractivity contribution in [1.29, 1.82) is 0 Å². The standard InChI is InChI=1S/C22H23F3N4O4/c1-28-10-4-5-15(20(28)32)21(33)29-11-8-14(9-12-29)13-26-18(30)19(31)27-17-7-3-2-6-16(17)22(23,24)25/h2-7,10,14H,8-9,11-13H2,1H3,(H,26,30)(H,27,31). The number of likely N-dealkylation sites (tertiary alicyclic amines) is 1. The van der Waals surface area contributed by atoms with Gasteiger partial charge < -0.3 is 20.1 Å². The first-order valence-corrected chi connectivity index (χ1v) is 10.3. The summed E-state index contributed by atoms with van der Waals surface area (Å²) < 4.78 is 40.4. The second-order valence-corrected chi connectivity index (χ2v) is 7.78. The van der Waals surface area contributed by atoms with Gasteiger partial charge in [-0.25, -0.2) is 0 Å². The molecular formula is C22H23F3N4O4. The van der Waals surface area contributed by atoms with Crippen LogP contribution < -0.4 is 16.2 Å². The van der Waals surface area contributed by atoms with Crippen molar-refractivity contribution in [3.8, 4) is 0 Å². The van der Waals surface area contributed by atoms with E-state index >= 15 is 0 Å². The third-order valence-corrected chi connectivity index (χ3v) is 5.49. The Morgan fingerprint density at radius 1 is 1.03 bits per heavy atom. The highest BCUT2D eigenvalue weighted by molar-refractivity contribution is 6.39. The van der Waals surface area contributed by atoms with Crippen molar-refractivity contribution in [2.45, 2.75) is 19.0 Å². The van der Waals surface area contributed by atoms with Gasteiger partial charge in [0.25, 0.3) is 11.5 Å². The van der Waals surface area contributed by atoms with Crippen molar-refractivity contribution in [1.82, 2.24) is 14.8 Å². The molecule has 1 aliphatic rings. The van der Waals surface area contributed by atoms with E-state index in [1.807, 2.05) is 5.32 Å². The third kappa shape index (κ3) is 5.79. The minimum absolute atomic E-state index is 0.0214. The fraction of sp³-hybridized carbons (Fsp3) is 0.364. The second-order valence-electron chi connectivity index (χ2n) is 7.78. The van der Waals surface area contributed by atoms with Crippen LogP contribution in [0.4, 0.5) is 18.9 Å². The number of pyridine rings is 1. The number of aryl methyl sites for hydroxylation is 1. The molecule has 0 saturated carbocycles. The Morgan fingerprint density at radius 2 is 1.70 bits per heavy atom. The van der Waals surface area contributed by atoms with Crippen molar-refractivity contribution in [2.24, 2.45) is 13.0 Å². The monoisotopic (exact) mass is 464 g/mol. The van der Waals surface area contributed by atoms with E-state index in [1.165, 1.54) is 22.8 Å². The van der Waals surface area contributed by atoms with E-state index in [0.29, 0.717) is 25.9 Å². The van der Waals surface area contributed by atoms with E-state index in [2.05, 4.69) is 5.32 Å². The summed E-state index contributed by atoms with van der Waals surface area (Å²) in [5.41, 5.74) is -1.84. The van der Waals surface area contributed by atoms with Gasteiger partial charge in [0.15, 0.2) is 0 Å². The molecule has 3 rings (SSSR count). The molecule has 0 atom stereocenters. The lowest BCUT2D eigenvalue weighted by Crippen LogP contribution is -2.44. The molecule has 0 unspecified atom stereocenters. The zero-order chi connectivity index (χ0) is 24.2. The van der Waals surface area contributed by atoms with Crippen molar-refractivity contribution < 1.29 is 27.6 Å². The predicted octanol–water partition coefficient (Wildman–Crippen LogP) is 2.01. The lowest BCUT2D eigenvalue weighted by molar-refractivity contribution is -0.138. The molecule has 1 aromatic carbocycles. The average Bonchev–Trinajstić information content (AvgIpc) is 2.78. The van der Waals surface area contributed by atoms with E-state index in [4.69, 9.17) is 0 Å². The van der Waals surface area contributed by atoms with E-state index in [0.717, 1.165) is 12.1 Å². The summed E-state index contributed by atoms with van der Waals surface area (Å²) in [6, 6.07) is 7.49. The first-order valence-electron chi connectivity index (χ1n) is 10.3. The number of hydrogen-bond acceptors (Lipinski definition) is 4. The van der Waals surface area contributed by atoms with Gasteiger partial charge in [0.05, 0.1) is 11.3 Å². The van der Waals surface area contributed by atoms with Gasteiger partial charge in [-0.1, -0.05) is 12.1 Å². The fourth-order valence-corrected chi connectivity index (χ4v) is 3.61. The number of rotatable bonds is 4. The van der Waals surface area contributed by atoms with E-state index in [-0.39, 0.29) is 29.5 Å². The van der Waals surface area contributed by atoms with Crippen molar-refractivity contribution in [2.75, 3.05) is 25.0 Å². The van der Waals surface area contributed by atoms with Gasteiger partial charge in [0.2, 0.25) is 0 Å². The summed E-state index contributed by atoms with van der Waals surface area (Å²) in [6.45, 7) is 0.896. The van der Waals surface area contributed by atoms with Crippen LogP contribution >= 0.6 is 0 Å². The molecule has 0 spiro atoms. The molecule has 33 heavy (non-hydrogen) atoms. The van der Waals surface area contributed by atoms with Gasteiger partial charge in [0, 0.05) is 32.9 Å². The summed E-state index contributed by atoms with van der Waals surface area (Å²) in [5, 5.41) is 4.43. The second kappa shape index (κ2) is 9.88. The number of halogens is 3. The van der Waals surface area contributed by atoms with E-state index in [1.54, 1.807) is 24.2 Å². The average molecular weight is 464 g/mol. The Hall–Kier alpha value is -3.63. The molecule has 1 aromatic heterocycles. The highest BCUT2D eigenvalue weighted by Gasteiger charge is 2.34. The molecule has 0 radical (unpaired) electrons. The molecule has 0 bridgehead atoms. The zero-order valence-electron chi connectivity index (χ0n) is 17.8. The number of benzene rings is 1. The Balaban J connectivity index is 1.49. The Labute approximate surface area is 187 Å². The molecular weight excluding hydrogens is 441 g/mol. The SMILES string of the molecule is Cn1cccc(C(=O)N2CCC(CNC(=O)C(=O)Nc3ccccc3C(F)(F)F)CC2)c1=O. The highest BCUT2D eigenvalue weighted by Crippen LogP contribution is 2.34. The lowest BCUT2D eigenvalue weighted by Gasteiger charge is -2.32. The minimum Gasteiger partial charge on any atom is -0.348 e. The molecule has 11 heteroatoms. The van der Waals surface area contributed by atoms with Crippen molar-refractivity contribution in [3.05, 3.63) is 64.1 Å². The number of carbonyl (C=O) groups is 3. The molecule has 3 amide bonds. The topological polar surface area (TPSA) is 101 Å².